The lowest BCUT2D eigenvalue weighted by atomic mass is 10.1. The van der Waals surface area contributed by atoms with Crippen molar-refractivity contribution in [2.75, 3.05) is 17.7 Å². The zero-order valence-electron chi connectivity index (χ0n) is 15.8. The van der Waals surface area contributed by atoms with Crippen LogP contribution < -0.4 is 10.6 Å². The SMILES string of the molecule is COC(=O)c1ccccc1Nc1nc(C)cc(Nc2ccc(C)cc2C)n1. The first-order valence-corrected chi connectivity index (χ1v) is 8.60. The van der Waals surface area contributed by atoms with E-state index < -0.39 is 5.97 Å². The number of esters is 1. The van der Waals surface area contributed by atoms with Crippen LogP contribution in [0.3, 0.4) is 0 Å². The number of benzene rings is 2. The quantitative estimate of drug-likeness (QED) is 0.642. The van der Waals surface area contributed by atoms with E-state index in [1.165, 1.54) is 12.7 Å². The number of carbonyl (C=O) groups is 1. The molecule has 138 valence electrons. The van der Waals surface area contributed by atoms with Crippen LogP contribution in [0.1, 0.15) is 27.2 Å². The van der Waals surface area contributed by atoms with Crippen molar-refractivity contribution >= 4 is 29.1 Å². The van der Waals surface area contributed by atoms with Gasteiger partial charge in [-0.05, 0) is 44.5 Å². The van der Waals surface area contributed by atoms with E-state index >= 15 is 0 Å². The maximum atomic E-state index is 11.9. The van der Waals surface area contributed by atoms with Crippen LogP contribution in [0.15, 0.2) is 48.5 Å². The number of para-hydroxylation sites is 1. The van der Waals surface area contributed by atoms with Gasteiger partial charge in [0.1, 0.15) is 5.82 Å². The Morgan fingerprint density at radius 2 is 1.70 bits per heavy atom. The number of methoxy groups -OCH3 is 1. The van der Waals surface area contributed by atoms with Crippen molar-refractivity contribution in [3.05, 3.63) is 70.9 Å². The van der Waals surface area contributed by atoms with Gasteiger partial charge in [0, 0.05) is 17.4 Å². The lowest BCUT2D eigenvalue weighted by Gasteiger charge is -2.13. The van der Waals surface area contributed by atoms with Gasteiger partial charge in [-0.1, -0.05) is 29.8 Å². The highest BCUT2D eigenvalue weighted by atomic mass is 16.5. The summed E-state index contributed by atoms with van der Waals surface area (Å²) in [7, 11) is 1.36. The zero-order chi connectivity index (χ0) is 19.4. The molecule has 0 saturated heterocycles. The highest BCUT2D eigenvalue weighted by Gasteiger charge is 2.13. The van der Waals surface area contributed by atoms with E-state index in [1.807, 2.05) is 25.1 Å². The van der Waals surface area contributed by atoms with Gasteiger partial charge in [0.15, 0.2) is 0 Å². The van der Waals surface area contributed by atoms with E-state index in [-0.39, 0.29) is 0 Å². The molecule has 0 amide bonds. The molecule has 0 bridgehead atoms. The maximum Gasteiger partial charge on any atom is 0.339 e. The van der Waals surface area contributed by atoms with E-state index in [0.29, 0.717) is 23.0 Å². The number of rotatable bonds is 5. The molecule has 0 aliphatic rings. The fraction of sp³-hybridized carbons (Fsp3) is 0.190. The van der Waals surface area contributed by atoms with Gasteiger partial charge in [0.05, 0.1) is 18.4 Å². The second-order valence-electron chi connectivity index (χ2n) is 6.32. The summed E-state index contributed by atoms with van der Waals surface area (Å²) < 4.78 is 4.83. The molecule has 0 atom stereocenters. The van der Waals surface area contributed by atoms with E-state index in [4.69, 9.17) is 4.74 Å². The molecule has 0 aliphatic heterocycles. The lowest BCUT2D eigenvalue weighted by molar-refractivity contribution is 0.0602. The number of anilines is 4. The van der Waals surface area contributed by atoms with Crippen LogP contribution in [-0.2, 0) is 4.74 Å². The Morgan fingerprint density at radius 1 is 0.926 bits per heavy atom. The van der Waals surface area contributed by atoms with Crippen molar-refractivity contribution in [1.82, 2.24) is 9.97 Å². The average molecular weight is 362 g/mol. The first kappa shape index (κ1) is 18.4. The smallest absolute Gasteiger partial charge is 0.339 e. The largest absolute Gasteiger partial charge is 0.465 e. The molecule has 0 spiro atoms. The first-order valence-electron chi connectivity index (χ1n) is 8.60. The summed E-state index contributed by atoms with van der Waals surface area (Å²) in [6, 6.07) is 15.2. The molecule has 3 aromatic rings. The van der Waals surface area contributed by atoms with Crippen LogP contribution in [-0.4, -0.2) is 23.0 Å². The summed E-state index contributed by atoms with van der Waals surface area (Å²) in [4.78, 5) is 20.9. The zero-order valence-corrected chi connectivity index (χ0v) is 15.8. The van der Waals surface area contributed by atoms with Gasteiger partial charge >= 0.3 is 5.97 Å². The molecule has 0 unspecified atom stereocenters. The second-order valence-corrected chi connectivity index (χ2v) is 6.32. The topological polar surface area (TPSA) is 76.1 Å². The predicted octanol–water partition coefficient (Wildman–Crippen LogP) is 4.68. The predicted molar refractivity (Wildman–Crippen MR) is 107 cm³/mol. The van der Waals surface area contributed by atoms with Crippen LogP contribution in [0, 0.1) is 20.8 Å². The molecule has 0 fully saturated rings. The van der Waals surface area contributed by atoms with Crippen molar-refractivity contribution in [1.29, 1.82) is 0 Å². The van der Waals surface area contributed by atoms with Crippen LogP contribution in [0.25, 0.3) is 0 Å². The van der Waals surface area contributed by atoms with Crippen molar-refractivity contribution < 1.29 is 9.53 Å². The third kappa shape index (κ3) is 4.41. The molecule has 1 aromatic heterocycles. The summed E-state index contributed by atoms with van der Waals surface area (Å²) in [5, 5.41) is 6.45. The Hall–Kier alpha value is -3.41. The van der Waals surface area contributed by atoms with Crippen LogP contribution >= 0.6 is 0 Å². The van der Waals surface area contributed by atoms with Gasteiger partial charge in [-0.2, -0.15) is 4.98 Å². The summed E-state index contributed by atoms with van der Waals surface area (Å²) >= 11 is 0. The Labute approximate surface area is 158 Å². The van der Waals surface area contributed by atoms with Crippen molar-refractivity contribution in [3.63, 3.8) is 0 Å². The Bertz CT molecular complexity index is 986. The van der Waals surface area contributed by atoms with Gasteiger partial charge in [0.2, 0.25) is 5.95 Å². The fourth-order valence-electron chi connectivity index (χ4n) is 2.78. The molecule has 0 aliphatic carbocycles. The maximum absolute atomic E-state index is 11.9. The number of hydrogen-bond donors (Lipinski definition) is 2. The fourth-order valence-corrected chi connectivity index (χ4v) is 2.78. The Morgan fingerprint density at radius 3 is 2.44 bits per heavy atom. The highest BCUT2D eigenvalue weighted by molar-refractivity contribution is 5.96. The normalized spacial score (nSPS) is 10.4. The summed E-state index contributed by atoms with van der Waals surface area (Å²) in [5.41, 5.74) is 5.15. The van der Waals surface area contributed by atoms with Gasteiger partial charge in [-0.3, -0.25) is 0 Å². The summed E-state index contributed by atoms with van der Waals surface area (Å²) in [6.07, 6.45) is 0. The number of carbonyl (C=O) groups excluding carboxylic acids is 1. The monoisotopic (exact) mass is 362 g/mol. The minimum absolute atomic E-state index is 0.401. The molecule has 27 heavy (non-hydrogen) atoms. The molecular formula is C21H22N4O2. The molecule has 2 N–H and O–H groups in total. The van der Waals surface area contributed by atoms with Crippen LogP contribution in [0.5, 0.6) is 0 Å². The van der Waals surface area contributed by atoms with Crippen molar-refractivity contribution in [2.45, 2.75) is 20.8 Å². The lowest BCUT2D eigenvalue weighted by Crippen LogP contribution is -2.08. The van der Waals surface area contributed by atoms with Gasteiger partial charge < -0.3 is 15.4 Å². The van der Waals surface area contributed by atoms with E-state index in [1.54, 1.807) is 18.2 Å². The number of nitrogens with one attached hydrogen (secondary N) is 2. The molecule has 6 heteroatoms. The number of aromatic nitrogens is 2. The first-order chi connectivity index (χ1) is 13.0. The van der Waals surface area contributed by atoms with E-state index in [2.05, 4.69) is 46.6 Å². The third-order valence-electron chi connectivity index (χ3n) is 4.08. The number of nitrogens with zero attached hydrogens (tertiary/aromatic N) is 2. The molecular weight excluding hydrogens is 340 g/mol. The summed E-state index contributed by atoms with van der Waals surface area (Å²) in [5.74, 6) is 0.658. The standard InChI is InChI=1S/C21H22N4O2/c1-13-9-10-17(14(2)11-13)23-19-12-15(3)22-21(25-19)24-18-8-6-5-7-16(18)20(26)27-4/h5-12H,1-4H3,(H2,22,23,24,25). The average Bonchev–Trinajstić information content (AvgIpc) is 2.63. The molecule has 0 saturated carbocycles. The Kier molecular flexibility index (Phi) is 5.35. The Balaban J connectivity index is 1.89. The highest BCUT2D eigenvalue weighted by Crippen LogP contribution is 2.24. The van der Waals surface area contributed by atoms with Gasteiger partial charge in [-0.15, -0.1) is 0 Å². The molecule has 2 aromatic carbocycles. The molecule has 0 radical (unpaired) electrons. The van der Waals surface area contributed by atoms with Crippen LogP contribution in [0.4, 0.5) is 23.1 Å². The van der Waals surface area contributed by atoms with Crippen molar-refractivity contribution in [2.24, 2.45) is 0 Å². The number of aryl methyl sites for hydroxylation is 3. The van der Waals surface area contributed by atoms with Gasteiger partial charge in [0.25, 0.3) is 0 Å². The second kappa shape index (κ2) is 7.86. The molecule has 1 heterocycles. The van der Waals surface area contributed by atoms with Crippen molar-refractivity contribution in [3.8, 4) is 0 Å². The minimum atomic E-state index is -0.417. The minimum Gasteiger partial charge on any atom is -0.465 e. The molecule has 6 nitrogen and oxygen atoms in total. The third-order valence-corrected chi connectivity index (χ3v) is 4.08. The van der Waals surface area contributed by atoms with E-state index in [0.717, 1.165) is 16.9 Å². The summed E-state index contributed by atoms with van der Waals surface area (Å²) in [6.45, 7) is 6.01. The number of ether oxygens (including phenoxy) is 1. The number of hydrogen-bond acceptors (Lipinski definition) is 6. The molecule has 3 rings (SSSR count). The van der Waals surface area contributed by atoms with Crippen LogP contribution in [0.2, 0.25) is 0 Å². The van der Waals surface area contributed by atoms with Gasteiger partial charge in [-0.25, -0.2) is 9.78 Å². The van der Waals surface area contributed by atoms with E-state index in [9.17, 15) is 4.79 Å².